The maximum atomic E-state index is 6.00. The van der Waals surface area contributed by atoms with Crippen molar-refractivity contribution >= 4 is 17.3 Å². The van der Waals surface area contributed by atoms with Crippen molar-refractivity contribution in [3.05, 3.63) is 28.8 Å². The Morgan fingerprint density at radius 3 is 2.47 bits per heavy atom. The van der Waals surface area contributed by atoms with E-state index in [0.29, 0.717) is 5.54 Å². The third-order valence-electron chi connectivity index (χ3n) is 3.97. The standard InChI is InChI=1S/C14H21ClN2/c1-11-10-12(15)4-5-13(11)17-8-6-14(2,16-3)7-9-17/h4-5,10,16H,6-9H2,1-3H3. The van der Waals surface area contributed by atoms with E-state index in [1.807, 2.05) is 12.1 Å². The Balaban J connectivity index is 2.10. The molecule has 1 saturated heterocycles. The first-order valence-corrected chi connectivity index (χ1v) is 6.62. The molecular weight excluding hydrogens is 232 g/mol. The van der Waals surface area contributed by atoms with Crippen LogP contribution in [0.4, 0.5) is 5.69 Å². The second-order valence-electron chi connectivity index (χ2n) is 5.23. The molecule has 0 saturated carbocycles. The molecule has 2 rings (SSSR count). The summed E-state index contributed by atoms with van der Waals surface area (Å²) in [5.74, 6) is 0. The first-order chi connectivity index (χ1) is 8.04. The molecule has 1 fully saturated rings. The highest BCUT2D eigenvalue weighted by Crippen LogP contribution is 2.29. The minimum absolute atomic E-state index is 0.302. The van der Waals surface area contributed by atoms with Gasteiger partial charge in [-0.3, -0.25) is 0 Å². The Hall–Kier alpha value is -0.730. The molecule has 1 aromatic rings. The lowest BCUT2D eigenvalue weighted by atomic mass is 9.89. The van der Waals surface area contributed by atoms with Crippen molar-refractivity contribution in [1.29, 1.82) is 0 Å². The number of nitrogens with one attached hydrogen (secondary N) is 1. The van der Waals surface area contributed by atoms with Crippen LogP contribution in [-0.2, 0) is 0 Å². The number of piperidine rings is 1. The number of rotatable bonds is 2. The Morgan fingerprint density at radius 1 is 1.29 bits per heavy atom. The third kappa shape index (κ3) is 2.75. The summed E-state index contributed by atoms with van der Waals surface area (Å²) in [7, 11) is 2.06. The van der Waals surface area contributed by atoms with Crippen molar-refractivity contribution < 1.29 is 0 Å². The van der Waals surface area contributed by atoms with Crippen molar-refractivity contribution in [2.24, 2.45) is 0 Å². The Morgan fingerprint density at radius 2 is 1.94 bits per heavy atom. The number of benzene rings is 1. The van der Waals surface area contributed by atoms with Crippen molar-refractivity contribution in [3.8, 4) is 0 Å². The summed E-state index contributed by atoms with van der Waals surface area (Å²) in [6, 6.07) is 6.16. The van der Waals surface area contributed by atoms with Crippen LogP contribution in [0.1, 0.15) is 25.3 Å². The van der Waals surface area contributed by atoms with Gasteiger partial charge in [-0.15, -0.1) is 0 Å². The van der Waals surface area contributed by atoms with Crippen molar-refractivity contribution in [2.75, 3.05) is 25.0 Å². The highest BCUT2D eigenvalue weighted by molar-refractivity contribution is 6.30. The van der Waals surface area contributed by atoms with Crippen LogP contribution in [0.25, 0.3) is 0 Å². The van der Waals surface area contributed by atoms with Crippen LogP contribution < -0.4 is 10.2 Å². The third-order valence-corrected chi connectivity index (χ3v) is 4.21. The monoisotopic (exact) mass is 252 g/mol. The average molecular weight is 253 g/mol. The molecule has 17 heavy (non-hydrogen) atoms. The molecule has 0 spiro atoms. The van der Waals surface area contributed by atoms with Crippen LogP contribution in [-0.4, -0.2) is 25.7 Å². The Kier molecular flexibility index (Phi) is 3.64. The fourth-order valence-corrected chi connectivity index (χ4v) is 2.69. The zero-order valence-electron chi connectivity index (χ0n) is 10.9. The predicted molar refractivity (Wildman–Crippen MR) is 75.1 cm³/mol. The number of hydrogen-bond donors (Lipinski definition) is 1. The van der Waals surface area contributed by atoms with Crippen LogP contribution in [0, 0.1) is 6.92 Å². The van der Waals surface area contributed by atoms with Gasteiger partial charge in [-0.1, -0.05) is 11.6 Å². The van der Waals surface area contributed by atoms with Gasteiger partial charge in [0, 0.05) is 29.3 Å². The lowest BCUT2D eigenvalue weighted by Gasteiger charge is -2.40. The summed E-state index contributed by atoms with van der Waals surface area (Å²) in [5.41, 5.74) is 2.90. The van der Waals surface area contributed by atoms with E-state index < -0.39 is 0 Å². The number of aryl methyl sites for hydroxylation is 1. The predicted octanol–water partition coefficient (Wildman–Crippen LogP) is 3.23. The molecule has 0 atom stereocenters. The van der Waals surface area contributed by atoms with Gasteiger partial charge in [0.05, 0.1) is 0 Å². The lowest BCUT2D eigenvalue weighted by Crippen LogP contribution is -2.50. The van der Waals surface area contributed by atoms with Gasteiger partial charge in [-0.25, -0.2) is 0 Å². The molecular formula is C14H21ClN2. The van der Waals surface area contributed by atoms with E-state index >= 15 is 0 Å². The summed E-state index contributed by atoms with van der Waals surface area (Å²) in [6.45, 7) is 6.66. The topological polar surface area (TPSA) is 15.3 Å². The molecule has 1 aromatic carbocycles. The zero-order chi connectivity index (χ0) is 12.5. The molecule has 94 valence electrons. The van der Waals surface area contributed by atoms with E-state index in [4.69, 9.17) is 11.6 Å². The molecule has 2 nitrogen and oxygen atoms in total. The van der Waals surface area contributed by atoms with Crippen LogP contribution >= 0.6 is 11.6 Å². The Labute approximate surface area is 109 Å². The zero-order valence-corrected chi connectivity index (χ0v) is 11.6. The fourth-order valence-electron chi connectivity index (χ4n) is 2.46. The molecule has 0 unspecified atom stereocenters. The molecule has 1 aliphatic heterocycles. The SMILES string of the molecule is CNC1(C)CCN(c2ccc(Cl)cc2C)CC1. The van der Waals surface area contributed by atoms with Crippen LogP contribution in [0.5, 0.6) is 0 Å². The molecule has 3 heteroatoms. The highest BCUT2D eigenvalue weighted by atomic mass is 35.5. The van der Waals surface area contributed by atoms with E-state index in [-0.39, 0.29) is 0 Å². The highest BCUT2D eigenvalue weighted by Gasteiger charge is 2.28. The molecule has 1 aliphatic rings. The quantitative estimate of drug-likeness (QED) is 0.870. The first kappa shape index (κ1) is 12.7. The van der Waals surface area contributed by atoms with Gasteiger partial charge in [-0.05, 0) is 57.5 Å². The normalized spacial score (nSPS) is 19.4. The van der Waals surface area contributed by atoms with Crippen molar-refractivity contribution in [2.45, 2.75) is 32.2 Å². The average Bonchev–Trinajstić information content (AvgIpc) is 2.31. The van der Waals surface area contributed by atoms with Gasteiger partial charge in [-0.2, -0.15) is 0 Å². The summed E-state index contributed by atoms with van der Waals surface area (Å²) in [5, 5.41) is 4.25. The van der Waals surface area contributed by atoms with Crippen molar-refractivity contribution in [1.82, 2.24) is 5.32 Å². The second-order valence-corrected chi connectivity index (χ2v) is 5.66. The summed E-state index contributed by atoms with van der Waals surface area (Å²) < 4.78 is 0. The number of anilines is 1. The smallest absolute Gasteiger partial charge is 0.0410 e. The summed E-state index contributed by atoms with van der Waals surface area (Å²) in [4.78, 5) is 2.46. The first-order valence-electron chi connectivity index (χ1n) is 6.24. The van der Waals surface area contributed by atoms with E-state index in [1.165, 1.54) is 24.1 Å². The number of halogens is 1. The fraction of sp³-hybridized carbons (Fsp3) is 0.571. The maximum absolute atomic E-state index is 6.00. The molecule has 1 heterocycles. The second kappa shape index (κ2) is 4.87. The van der Waals surface area contributed by atoms with Crippen LogP contribution in [0.15, 0.2) is 18.2 Å². The summed E-state index contributed by atoms with van der Waals surface area (Å²) in [6.07, 6.45) is 2.37. The van der Waals surface area contributed by atoms with E-state index in [0.717, 1.165) is 18.1 Å². The van der Waals surface area contributed by atoms with Gasteiger partial charge in [0.2, 0.25) is 0 Å². The van der Waals surface area contributed by atoms with Gasteiger partial charge in [0.1, 0.15) is 0 Å². The van der Waals surface area contributed by atoms with E-state index in [1.54, 1.807) is 0 Å². The molecule has 0 aliphatic carbocycles. The molecule has 0 radical (unpaired) electrons. The minimum atomic E-state index is 0.302. The molecule has 0 aromatic heterocycles. The Bertz CT molecular complexity index is 395. The summed E-state index contributed by atoms with van der Waals surface area (Å²) >= 11 is 6.00. The number of nitrogens with zero attached hydrogens (tertiary/aromatic N) is 1. The van der Waals surface area contributed by atoms with Crippen LogP contribution in [0.3, 0.4) is 0 Å². The minimum Gasteiger partial charge on any atom is -0.371 e. The van der Waals surface area contributed by atoms with E-state index in [2.05, 4.69) is 37.2 Å². The molecule has 0 amide bonds. The maximum Gasteiger partial charge on any atom is 0.0410 e. The van der Waals surface area contributed by atoms with Crippen molar-refractivity contribution in [3.63, 3.8) is 0 Å². The molecule has 0 bridgehead atoms. The van der Waals surface area contributed by atoms with Gasteiger partial charge >= 0.3 is 0 Å². The van der Waals surface area contributed by atoms with Gasteiger partial charge < -0.3 is 10.2 Å². The van der Waals surface area contributed by atoms with Gasteiger partial charge in [0.25, 0.3) is 0 Å². The lowest BCUT2D eigenvalue weighted by molar-refractivity contribution is 0.305. The molecule has 1 N–H and O–H groups in total. The van der Waals surface area contributed by atoms with Crippen LogP contribution in [0.2, 0.25) is 5.02 Å². The largest absolute Gasteiger partial charge is 0.371 e. The van der Waals surface area contributed by atoms with E-state index in [9.17, 15) is 0 Å². The number of hydrogen-bond acceptors (Lipinski definition) is 2. The van der Waals surface area contributed by atoms with Gasteiger partial charge in [0.15, 0.2) is 0 Å².